The maximum Gasteiger partial charge on any atom is 0.189 e. The first kappa shape index (κ1) is 6.91. The molecule has 0 saturated heterocycles. The van der Waals surface area contributed by atoms with E-state index in [1.54, 1.807) is 12.1 Å². The molecule has 0 bridgehead atoms. The average molecular weight is 162 g/mol. The quantitative estimate of drug-likeness (QED) is 0.637. The van der Waals surface area contributed by atoms with Gasteiger partial charge in [-0.05, 0) is 6.07 Å². The van der Waals surface area contributed by atoms with Crippen LogP contribution in [0.5, 0.6) is 5.75 Å². The third-order valence-electron chi connectivity index (χ3n) is 1.71. The minimum absolute atomic E-state index is 0.00907. The summed E-state index contributed by atoms with van der Waals surface area (Å²) in [6.07, 6.45) is 2.53. The molecule has 60 valence electrons. The van der Waals surface area contributed by atoms with Crippen LogP contribution in [0, 0.1) is 0 Å². The molecule has 0 amide bonds. The van der Waals surface area contributed by atoms with Crippen LogP contribution >= 0.6 is 0 Å². The van der Waals surface area contributed by atoms with Gasteiger partial charge >= 0.3 is 0 Å². The third kappa shape index (κ3) is 0.871. The summed E-state index contributed by atoms with van der Waals surface area (Å²) >= 11 is 0. The third-order valence-corrected chi connectivity index (χ3v) is 1.71. The molecule has 1 aliphatic heterocycles. The second-order valence-corrected chi connectivity index (χ2v) is 2.47. The maximum absolute atomic E-state index is 11.2. The monoisotopic (exact) mass is 162 g/mol. The van der Waals surface area contributed by atoms with Gasteiger partial charge in [0.05, 0.1) is 5.56 Å². The Labute approximate surface area is 68.2 Å². The van der Waals surface area contributed by atoms with E-state index in [9.17, 15) is 9.90 Å². The van der Waals surface area contributed by atoms with Crippen LogP contribution in [0.2, 0.25) is 0 Å². The fourth-order valence-electron chi connectivity index (χ4n) is 1.12. The molecule has 2 rings (SSSR count). The van der Waals surface area contributed by atoms with Gasteiger partial charge < -0.3 is 9.52 Å². The molecule has 0 spiro atoms. The van der Waals surface area contributed by atoms with Gasteiger partial charge in [-0.1, -0.05) is 12.1 Å². The zero-order chi connectivity index (χ0) is 8.55. The number of hydrogen-bond acceptors (Lipinski definition) is 3. The van der Waals surface area contributed by atoms with E-state index in [0.717, 1.165) is 0 Å². The lowest BCUT2D eigenvalue weighted by Gasteiger charge is -2.02. The van der Waals surface area contributed by atoms with E-state index in [0.29, 0.717) is 11.1 Å². The Balaban J connectivity index is 2.91. The van der Waals surface area contributed by atoms with Crippen LogP contribution in [0.25, 0.3) is 11.1 Å². The van der Waals surface area contributed by atoms with E-state index < -0.39 is 0 Å². The molecule has 0 aromatic heterocycles. The van der Waals surface area contributed by atoms with Gasteiger partial charge in [0.15, 0.2) is 11.2 Å². The lowest BCUT2D eigenvalue weighted by atomic mass is 10.1. The van der Waals surface area contributed by atoms with E-state index in [4.69, 9.17) is 4.42 Å². The fraction of sp³-hybridized carbons (Fsp3) is 0. The highest BCUT2D eigenvalue weighted by molar-refractivity contribution is 5.68. The number of aromatic hydroxyl groups is 1. The topological polar surface area (TPSA) is 50.4 Å². The number of benzene rings is 1. The highest BCUT2D eigenvalue weighted by Crippen LogP contribution is 2.26. The highest BCUT2D eigenvalue weighted by Gasteiger charge is 2.09. The summed E-state index contributed by atoms with van der Waals surface area (Å²) in [4.78, 5) is 11.2. The van der Waals surface area contributed by atoms with Crippen molar-refractivity contribution in [1.82, 2.24) is 0 Å². The largest absolute Gasteiger partial charge is 0.504 e. The van der Waals surface area contributed by atoms with Crippen molar-refractivity contribution < 1.29 is 9.52 Å². The van der Waals surface area contributed by atoms with E-state index in [-0.39, 0.29) is 11.2 Å². The zero-order valence-corrected chi connectivity index (χ0v) is 6.15. The molecule has 0 fully saturated rings. The lowest BCUT2D eigenvalue weighted by Crippen LogP contribution is -2.02. The fourth-order valence-corrected chi connectivity index (χ4v) is 1.12. The van der Waals surface area contributed by atoms with Gasteiger partial charge in [0.25, 0.3) is 0 Å². The SMILES string of the molecule is O=c1cccc2c(O)cocc1-2. The number of hydrogen-bond donors (Lipinski definition) is 1. The molecule has 0 saturated carbocycles. The molecule has 1 aliphatic carbocycles. The van der Waals surface area contributed by atoms with Crippen molar-refractivity contribution in [2.24, 2.45) is 0 Å². The molecule has 0 radical (unpaired) electrons. The van der Waals surface area contributed by atoms with Crippen LogP contribution in [0.15, 0.2) is 39.9 Å². The van der Waals surface area contributed by atoms with Crippen LogP contribution in [0.1, 0.15) is 0 Å². The van der Waals surface area contributed by atoms with Crippen LogP contribution in [-0.4, -0.2) is 5.11 Å². The van der Waals surface area contributed by atoms with Crippen LogP contribution in [-0.2, 0) is 0 Å². The second-order valence-electron chi connectivity index (χ2n) is 2.47. The van der Waals surface area contributed by atoms with Crippen molar-refractivity contribution in [3.63, 3.8) is 0 Å². The van der Waals surface area contributed by atoms with Crippen molar-refractivity contribution in [1.29, 1.82) is 0 Å². The summed E-state index contributed by atoms with van der Waals surface area (Å²) < 4.78 is 4.75. The van der Waals surface area contributed by atoms with Crippen molar-refractivity contribution in [2.45, 2.75) is 0 Å². The van der Waals surface area contributed by atoms with Crippen LogP contribution in [0.4, 0.5) is 0 Å². The van der Waals surface area contributed by atoms with Gasteiger partial charge in [0.1, 0.15) is 12.5 Å². The van der Waals surface area contributed by atoms with Crippen LogP contribution < -0.4 is 5.43 Å². The van der Waals surface area contributed by atoms with E-state index in [2.05, 4.69) is 0 Å². The van der Waals surface area contributed by atoms with Crippen molar-refractivity contribution in [3.8, 4) is 16.9 Å². The Bertz CT molecular complexity index is 430. The molecule has 12 heavy (non-hydrogen) atoms. The predicted octanol–water partition coefficient (Wildman–Crippen LogP) is 1.45. The predicted molar refractivity (Wildman–Crippen MR) is 43.3 cm³/mol. The van der Waals surface area contributed by atoms with Crippen molar-refractivity contribution in [2.75, 3.05) is 0 Å². The molecule has 1 heterocycles. The molecule has 1 N–H and O–H groups in total. The molecule has 0 aromatic rings. The summed E-state index contributed by atoms with van der Waals surface area (Å²) in [7, 11) is 0. The molecule has 2 aliphatic rings. The molecular formula is C9H6O3. The first-order valence-corrected chi connectivity index (χ1v) is 3.47. The average Bonchev–Trinajstić information content (AvgIpc) is 2.07. The summed E-state index contributed by atoms with van der Waals surface area (Å²) in [5.74, 6) is -0.00907. The maximum atomic E-state index is 11.2. The van der Waals surface area contributed by atoms with Gasteiger partial charge in [-0.3, -0.25) is 4.79 Å². The smallest absolute Gasteiger partial charge is 0.189 e. The van der Waals surface area contributed by atoms with E-state index in [1.807, 2.05) is 0 Å². The Morgan fingerprint density at radius 1 is 1.17 bits per heavy atom. The molecule has 3 nitrogen and oxygen atoms in total. The summed E-state index contributed by atoms with van der Waals surface area (Å²) in [5.41, 5.74) is 0.776. The Morgan fingerprint density at radius 3 is 2.75 bits per heavy atom. The van der Waals surface area contributed by atoms with Gasteiger partial charge in [0.2, 0.25) is 0 Å². The van der Waals surface area contributed by atoms with Gasteiger partial charge in [-0.15, -0.1) is 0 Å². The van der Waals surface area contributed by atoms with Gasteiger partial charge in [-0.25, -0.2) is 0 Å². The van der Waals surface area contributed by atoms with Crippen molar-refractivity contribution >= 4 is 0 Å². The second kappa shape index (κ2) is 2.37. The minimum atomic E-state index is -0.146. The molecular weight excluding hydrogens is 156 g/mol. The normalized spacial score (nSPS) is 10.3. The number of fused-ring (bicyclic) bond motifs is 1. The summed E-state index contributed by atoms with van der Waals surface area (Å²) in [6, 6.07) is 4.70. The first-order chi connectivity index (χ1) is 5.79. The zero-order valence-electron chi connectivity index (χ0n) is 6.15. The van der Waals surface area contributed by atoms with E-state index in [1.165, 1.54) is 18.6 Å². The minimum Gasteiger partial charge on any atom is -0.504 e. The summed E-state index contributed by atoms with van der Waals surface area (Å²) in [5, 5.41) is 9.26. The first-order valence-electron chi connectivity index (χ1n) is 3.47. The highest BCUT2D eigenvalue weighted by atomic mass is 16.3. The standard InChI is InChI=1S/C9H6O3/c10-8-3-1-2-6-7(8)4-12-5-9(6)11/h1-5,11H. The molecule has 0 atom stereocenters. The van der Waals surface area contributed by atoms with E-state index >= 15 is 0 Å². The number of rotatable bonds is 0. The molecule has 3 heteroatoms. The Kier molecular flexibility index (Phi) is 1.37. The summed E-state index contributed by atoms with van der Waals surface area (Å²) in [6.45, 7) is 0. The molecule has 0 unspecified atom stereocenters. The van der Waals surface area contributed by atoms with Gasteiger partial charge in [-0.2, -0.15) is 0 Å². The van der Waals surface area contributed by atoms with Crippen LogP contribution in [0.3, 0.4) is 0 Å². The molecule has 0 aromatic carbocycles. The van der Waals surface area contributed by atoms with Crippen molar-refractivity contribution in [3.05, 3.63) is 40.9 Å². The Morgan fingerprint density at radius 2 is 2.00 bits per heavy atom. The Hall–Kier alpha value is -1.77. The lowest BCUT2D eigenvalue weighted by molar-refractivity contribution is 0.436. The van der Waals surface area contributed by atoms with Gasteiger partial charge in [0, 0.05) is 5.56 Å².